The van der Waals surface area contributed by atoms with E-state index >= 15 is 0 Å². The quantitative estimate of drug-likeness (QED) is 0.825. The molecule has 3 N–H and O–H groups in total. The van der Waals surface area contributed by atoms with Crippen LogP contribution in [0.2, 0.25) is 0 Å². The van der Waals surface area contributed by atoms with E-state index in [0.29, 0.717) is 18.4 Å². The third-order valence-electron chi connectivity index (χ3n) is 2.73. The number of hydrogen-bond acceptors (Lipinski definition) is 3. The van der Waals surface area contributed by atoms with Gasteiger partial charge in [-0.05, 0) is 18.4 Å². The molecule has 0 spiro atoms. The van der Waals surface area contributed by atoms with E-state index in [9.17, 15) is 0 Å². The number of pyridine rings is 1. The summed E-state index contributed by atoms with van der Waals surface area (Å²) in [5, 5.41) is 0. The summed E-state index contributed by atoms with van der Waals surface area (Å²) in [6, 6.07) is 1.91. The van der Waals surface area contributed by atoms with Crippen LogP contribution in [0.1, 0.15) is 32.0 Å². The smallest absolute Gasteiger partial charge is 0.111 e. The summed E-state index contributed by atoms with van der Waals surface area (Å²) in [5.74, 6) is 1.92. The molecule has 0 aliphatic carbocycles. The van der Waals surface area contributed by atoms with Gasteiger partial charge in [-0.25, -0.2) is 4.98 Å². The molecule has 2 aromatic rings. The van der Waals surface area contributed by atoms with E-state index in [1.165, 1.54) is 0 Å². The molecule has 16 heavy (non-hydrogen) atoms. The summed E-state index contributed by atoms with van der Waals surface area (Å²) >= 11 is 0. The van der Waals surface area contributed by atoms with Gasteiger partial charge in [0.25, 0.3) is 0 Å². The van der Waals surface area contributed by atoms with Crippen LogP contribution >= 0.6 is 0 Å². The van der Waals surface area contributed by atoms with E-state index in [0.717, 1.165) is 23.3 Å². The highest BCUT2D eigenvalue weighted by Crippen LogP contribution is 2.22. The van der Waals surface area contributed by atoms with Crippen molar-refractivity contribution in [2.75, 3.05) is 6.54 Å². The summed E-state index contributed by atoms with van der Waals surface area (Å²) in [7, 11) is 0. The van der Waals surface area contributed by atoms with E-state index in [1.807, 2.05) is 6.07 Å². The second-order valence-corrected chi connectivity index (χ2v) is 4.58. The van der Waals surface area contributed by atoms with Gasteiger partial charge in [-0.1, -0.05) is 13.8 Å². The molecule has 0 radical (unpaired) electrons. The first-order chi connectivity index (χ1) is 7.70. The molecule has 0 bridgehead atoms. The number of aromatic nitrogens is 3. The summed E-state index contributed by atoms with van der Waals surface area (Å²) in [6.45, 7) is 5.03. The standard InChI is InChI=1S/C12H18N4/c1-8(2)5-9(6-13)12-15-10-3-4-14-7-11(10)16-12/h3-4,7-9H,5-6,13H2,1-2H3,(H,15,16). The van der Waals surface area contributed by atoms with Gasteiger partial charge >= 0.3 is 0 Å². The molecule has 0 amide bonds. The molecule has 0 aromatic carbocycles. The maximum absolute atomic E-state index is 5.80. The molecule has 2 rings (SSSR count). The van der Waals surface area contributed by atoms with E-state index in [4.69, 9.17) is 5.73 Å². The summed E-state index contributed by atoms with van der Waals surface area (Å²) in [4.78, 5) is 11.9. The second kappa shape index (κ2) is 4.61. The number of nitrogens with zero attached hydrogens (tertiary/aromatic N) is 2. The zero-order valence-corrected chi connectivity index (χ0v) is 9.77. The minimum absolute atomic E-state index is 0.312. The normalized spacial score (nSPS) is 13.5. The number of aromatic amines is 1. The van der Waals surface area contributed by atoms with Crippen molar-refractivity contribution < 1.29 is 0 Å². The van der Waals surface area contributed by atoms with Crippen LogP contribution < -0.4 is 5.73 Å². The highest BCUT2D eigenvalue weighted by Gasteiger charge is 2.15. The van der Waals surface area contributed by atoms with Gasteiger partial charge in [0.15, 0.2) is 0 Å². The lowest BCUT2D eigenvalue weighted by molar-refractivity contribution is 0.491. The lowest BCUT2D eigenvalue weighted by Crippen LogP contribution is -2.15. The number of hydrogen-bond donors (Lipinski definition) is 2. The molecule has 2 heterocycles. The molecule has 86 valence electrons. The Labute approximate surface area is 95.3 Å². The Bertz CT molecular complexity index is 428. The fourth-order valence-corrected chi connectivity index (χ4v) is 1.96. The summed E-state index contributed by atoms with van der Waals surface area (Å²) < 4.78 is 0. The van der Waals surface area contributed by atoms with Gasteiger partial charge in [0, 0.05) is 18.7 Å². The van der Waals surface area contributed by atoms with Crippen molar-refractivity contribution in [1.82, 2.24) is 15.0 Å². The fourth-order valence-electron chi connectivity index (χ4n) is 1.96. The van der Waals surface area contributed by atoms with Crippen LogP contribution in [0.15, 0.2) is 18.5 Å². The first-order valence-corrected chi connectivity index (χ1v) is 5.70. The molecular weight excluding hydrogens is 200 g/mol. The molecule has 0 fully saturated rings. The molecule has 0 aliphatic rings. The second-order valence-electron chi connectivity index (χ2n) is 4.58. The third kappa shape index (κ3) is 2.22. The highest BCUT2D eigenvalue weighted by atomic mass is 14.9. The van der Waals surface area contributed by atoms with E-state index in [-0.39, 0.29) is 0 Å². The Morgan fingerprint density at radius 2 is 2.25 bits per heavy atom. The first-order valence-electron chi connectivity index (χ1n) is 5.70. The average molecular weight is 218 g/mol. The Kier molecular flexibility index (Phi) is 3.19. The zero-order valence-electron chi connectivity index (χ0n) is 9.77. The van der Waals surface area contributed by atoms with Crippen LogP contribution in [-0.2, 0) is 0 Å². The Balaban J connectivity index is 2.30. The van der Waals surface area contributed by atoms with E-state index < -0.39 is 0 Å². The van der Waals surface area contributed by atoms with Crippen molar-refractivity contribution in [2.45, 2.75) is 26.2 Å². The van der Waals surface area contributed by atoms with Gasteiger partial charge in [-0.3, -0.25) is 4.98 Å². The van der Waals surface area contributed by atoms with Crippen molar-refractivity contribution in [1.29, 1.82) is 0 Å². The number of nitrogens with two attached hydrogens (primary N) is 1. The van der Waals surface area contributed by atoms with E-state index in [2.05, 4.69) is 28.8 Å². The number of H-pyrrole nitrogens is 1. The average Bonchev–Trinajstić information content (AvgIpc) is 2.68. The Morgan fingerprint density at radius 3 is 2.88 bits per heavy atom. The summed E-state index contributed by atoms with van der Waals surface area (Å²) in [6.07, 6.45) is 4.62. The predicted molar refractivity (Wildman–Crippen MR) is 65.1 cm³/mol. The largest absolute Gasteiger partial charge is 0.340 e. The third-order valence-corrected chi connectivity index (χ3v) is 2.73. The van der Waals surface area contributed by atoms with Gasteiger partial charge in [0.1, 0.15) is 5.82 Å². The number of rotatable bonds is 4. The molecule has 4 heteroatoms. The highest BCUT2D eigenvalue weighted by molar-refractivity contribution is 5.73. The molecule has 0 saturated carbocycles. The number of nitrogens with one attached hydrogen (secondary N) is 1. The Hall–Kier alpha value is -1.42. The maximum Gasteiger partial charge on any atom is 0.111 e. The minimum atomic E-state index is 0.312. The summed E-state index contributed by atoms with van der Waals surface area (Å²) in [5.41, 5.74) is 7.75. The predicted octanol–water partition coefficient (Wildman–Crippen LogP) is 2.05. The molecule has 2 aromatic heterocycles. The maximum atomic E-state index is 5.80. The molecule has 0 saturated heterocycles. The van der Waals surface area contributed by atoms with Crippen LogP contribution in [0.3, 0.4) is 0 Å². The molecule has 0 aliphatic heterocycles. The van der Waals surface area contributed by atoms with Crippen molar-refractivity contribution in [3.05, 3.63) is 24.3 Å². The van der Waals surface area contributed by atoms with Crippen molar-refractivity contribution >= 4 is 11.0 Å². The van der Waals surface area contributed by atoms with Crippen LogP contribution in [0.5, 0.6) is 0 Å². The van der Waals surface area contributed by atoms with Crippen LogP contribution in [0, 0.1) is 5.92 Å². The van der Waals surface area contributed by atoms with Gasteiger partial charge in [0.2, 0.25) is 0 Å². The van der Waals surface area contributed by atoms with Crippen molar-refractivity contribution in [3.8, 4) is 0 Å². The molecular formula is C12H18N4. The van der Waals surface area contributed by atoms with Gasteiger partial charge in [0.05, 0.1) is 17.2 Å². The van der Waals surface area contributed by atoms with Crippen LogP contribution in [0.25, 0.3) is 11.0 Å². The minimum Gasteiger partial charge on any atom is -0.340 e. The lowest BCUT2D eigenvalue weighted by Gasteiger charge is -2.14. The lowest BCUT2D eigenvalue weighted by atomic mass is 9.97. The Morgan fingerprint density at radius 1 is 1.44 bits per heavy atom. The van der Waals surface area contributed by atoms with Gasteiger partial charge in [-0.2, -0.15) is 0 Å². The molecule has 1 atom stereocenters. The number of imidazole rings is 1. The molecule has 4 nitrogen and oxygen atoms in total. The van der Waals surface area contributed by atoms with Gasteiger partial charge in [-0.15, -0.1) is 0 Å². The van der Waals surface area contributed by atoms with Crippen LogP contribution in [-0.4, -0.2) is 21.5 Å². The van der Waals surface area contributed by atoms with Crippen LogP contribution in [0.4, 0.5) is 0 Å². The SMILES string of the molecule is CC(C)CC(CN)c1nc2ccncc2[nH]1. The van der Waals surface area contributed by atoms with Crippen molar-refractivity contribution in [3.63, 3.8) is 0 Å². The monoisotopic (exact) mass is 218 g/mol. The van der Waals surface area contributed by atoms with Crippen molar-refractivity contribution in [2.24, 2.45) is 11.7 Å². The topological polar surface area (TPSA) is 67.6 Å². The van der Waals surface area contributed by atoms with E-state index in [1.54, 1.807) is 12.4 Å². The first kappa shape index (κ1) is 11.1. The van der Waals surface area contributed by atoms with Gasteiger partial charge < -0.3 is 10.7 Å². The number of fused-ring (bicyclic) bond motifs is 1. The molecule has 1 unspecified atom stereocenters. The fraction of sp³-hybridized carbons (Fsp3) is 0.500. The zero-order chi connectivity index (χ0) is 11.5.